The summed E-state index contributed by atoms with van der Waals surface area (Å²) in [7, 11) is 2.06. The highest BCUT2D eigenvalue weighted by Gasteiger charge is 2.21. The van der Waals surface area contributed by atoms with Crippen LogP contribution in [0.1, 0.15) is 16.1 Å². The smallest absolute Gasteiger partial charge is 0.160 e. The summed E-state index contributed by atoms with van der Waals surface area (Å²) in [5, 5.41) is 1.14. The first kappa shape index (κ1) is 9.68. The molecule has 1 aromatic rings. The number of likely N-dealkylation sites (N-methyl/N-ethyl adjacent to an activating group) is 1. The minimum atomic E-state index is 0.466. The molecule has 1 aromatic heterocycles. The maximum absolute atomic E-state index is 10.5. The van der Waals surface area contributed by atoms with Crippen LogP contribution >= 0.6 is 11.3 Å². The second-order valence-corrected chi connectivity index (χ2v) is 4.52. The van der Waals surface area contributed by atoms with Crippen LogP contribution in [0.2, 0.25) is 0 Å². The third-order valence-corrected chi connectivity index (χ3v) is 3.63. The molecule has 1 aliphatic rings. The zero-order chi connectivity index (χ0) is 9.97. The molecule has 0 amide bonds. The number of thiophene rings is 1. The van der Waals surface area contributed by atoms with Gasteiger partial charge in [0.1, 0.15) is 0 Å². The van der Waals surface area contributed by atoms with Gasteiger partial charge in [0, 0.05) is 13.7 Å². The Kier molecular flexibility index (Phi) is 2.84. The molecule has 2 rings (SSSR count). The van der Waals surface area contributed by atoms with Crippen LogP contribution in [0.3, 0.4) is 0 Å². The van der Waals surface area contributed by atoms with E-state index in [2.05, 4.69) is 11.9 Å². The minimum absolute atomic E-state index is 0.466. The van der Waals surface area contributed by atoms with Crippen LogP contribution < -0.4 is 4.90 Å². The Morgan fingerprint density at radius 3 is 3.07 bits per heavy atom. The van der Waals surface area contributed by atoms with E-state index in [9.17, 15) is 4.79 Å². The summed E-state index contributed by atoms with van der Waals surface area (Å²) in [4.78, 5) is 13.5. The van der Waals surface area contributed by atoms with Crippen molar-refractivity contribution in [2.75, 3.05) is 25.2 Å². The summed E-state index contributed by atoms with van der Waals surface area (Å²) in [6.07, 6.45) is 1.97. The molecule has 0 saturated carbocycles. The molecule has 0 aromatic carbocycles. The van der Waals surface area contributed by atoms with Crippen molar-refractivity contribution in [3.63, 3.8) is 0 Å². The number of nitrogens with zero attached hydrogens (tertiary/aromatic N) is 1. The van der Waals surface area contributed by atoms with E-state index >= 15 is 0 Å². The fourth-order valence-electron chi connectivity index (χ4n) is 1.60. The van der Waals surface area contributed by atoms with Gasteiger partial charge in [-0.05, 0) is 18.6 Å². The first-order valence-corrected chi connectivity index (χ1v) is 5.48. The normalized spacial score (nSPS) is 21.1. The molecule has 1 unspecified atom stereocenters. The molecule has 14 heavy (non-hydrogen) atoms. The van der Waals surface area contributed by atoms with E-state index in [1.807, 2.05) is 12.1 Å². The predicted molar refractivity (Wildman–Crippen MR) is 57.3 cm³/mol. The molecule has 0 radical (unpaired) electrons. The number of carbonyl (C=O) groups is 1. The van der Waals surface area contributed by atoms with E-state index in [1.165, 1.54) is 11.3 Å². The van der Waals surface area contributed by atoms with Crippen molar-refractivity contribution >= 4 is 22.6 Å². The van der Waals surface area contributed by atoms with Crippen LogP contribution in [0.15, 0.2) is 12.1 Å². The minimum Gasteiger partial charge on any atom is -0.379 e. The lowest BCUT2D eigenvalue weighted by Crippen LogP contribution is -2.30. The molecule has 0 bridgehead atoms. The van der Waals surface area contributed by atoms with Gasteiger partial charge >= 0.3 is 0 Å². The second kappa shape index (κ2) is 4.11. The predicted octanol–water partition coefficient (Wildman–Crippen LogP) is 1.79. The lowest BCUT2D eigenvalue weighted by atomic mass is 10.2. The molecule has 1 fully saturated rings. The average Bonchev–Trinajstić information content (AvgIpc) is 2.88. The third-order valence-electron chi connectivity index (χ3n) is 2.53. The summed E-state index contributed by atoms with van der Waals surface area (Å²) in [6.45, 7) is 1.64. The van der Waals surface area contributed by atoms with Crippen molar-refractivity contribution in [3.05, 3.63) is 17.0 Å². The number of aldehydes is 1. The van der Waals surface area contributed by atoms with Crippen LogP contribution in [0.5, 0.6) is 0 Å². The lowest BCUT2D eigenvalue weighted by molar-refractivity contribution is 0.112. The first-order chi connectivity index (χ1) is 6.81. The fourth-order valence-corrected chi connectivity index (χ4v) is 2.46. The standard InChI is InChI=1S/C10H13NO2S/c1-11(8-4-5-13-7-8)10-3-2-9(6-12)14-10/h2-3,6,8H,4-5,7H2,1H3. The number of anilines is 1. The maximum Gasteiger partial charge on any atom is 0.160 e. The van der Waals surface area contributed by atoms with Gasteiger partial charge in [0.05, 0.1) is 22.5 Å². The van der Waals surface area contributed by atoms with Crippen LogP contribution in [-0.2, 0) is 4.74 Å². The number of ether oxygens (including phenoxy) is 1. The number of hydrogen-bond acceptors (Lipinski definition) is 4. The van der Waals surface area contributed by atoms with Crippen molar-refractivity contribution in [1.82, 2.24) is 0 Å². The van der Waals surface area contributed by atoms with E-state index in [4.69, 9.17) is 4.74 Å². The molecular formula is C10H13NO2S. The Morgan fingerprint density at radius 1 is 1.64 bits per heavy atom. The molecule has 1 saturated heterocycles. The molecule has 1 atom stereocenters. The average molecular weight is 211 g/mol. The number of carbonyl (C=O) groups excluding carboxylic acids is 1. The van der Waals surface area contributed by atoms with Gasteiger partial charge in [-0.25, -0.2) is 0 Å². The van der Waals surface area contributed by atoms with E-state index < -0.39 is 0 Å². The SMILES string of the molecule is CN(c1ccc(C=O)s1)C1CCOC1. The van der Waals surface area contributed by atoms with Crippen molar-refractivity contribution in [2.45, 2.75) is 12.5 Å². The lowest BCUT2D eigenvalue weighted by Gasteiger charge is -2.23. The Bertz CT molecular complexity index is 318. The summed E-state index contributed by atoms with van der Waals surface area (Å²) < 4.78 is 5.33. The van der Waals surface area contributed by atoms with Crippen molar-refractivity contribution in [3.8, 4) is 0 Å². The van der Waals surface area contributed by atoms with Crippen molar-refractivity contribution in [2.24, 2.45) is 0 Å². The maximum atomic E-state index is 10.5. The van der Waals surface area contributed by atoms with E-state index in [1.54, 1.807) is 0 Å². The highest BCUT2D eigenvalue weighted by Crippen LogP contribution is 2.27. The molecular weight excluding hydrogens is 198 g/mol. The third kappa shape index (κ3) is 1.81. The summed E-state index contributed by atoms with van der Waals surface area (Å²) in [6, 6.07) is 4.32. The Morgan fingerprint density at radius 2 is 2.50 bits per heavy atom. The van der Waals surface area contributed by atoms with Crippen LogP contribution in [0.25, 0.3) is 0 Å². The summed E-state index contributed by atoms with van der Waals surface area (Å²) in [5.74, 6) is 0. The monoisotopic (exact) mass is 211 g/mol. The molecule has 2 heterocycles. The van der Waals surface area contributed by atoms with Crippen LogP contribution in [0, 0.1) is 0 Å². The largest absolute Gasteiger partial charge is 0.379 e. The molecule has 76 valence electrons. The van der Waals surface area contributed by atoms with Crippen molar-refractivity contribution in [1.29, 1.82) is 0 Å². The van der Waals surface area contributed by atoms with Gasteiger partial charge in [0.15, 0.2) is 6.29 Å². The Balaban J connectivity index is 2.09. The highest BCUT2D eigenvalue weighted by molar-refractivity contribution is 7.17. The Labute approximate surface area is 87.3 Å². The van der Waals surface area contributed by atoms with Gasteiger partial charge < -0.3 is 9.64 Å². The zero-order valence-corrected chi connectivity index (χ0v) is 8.92. The van der Waals surface area contributed by atoms with Gasteiger partial charge in [-0.2, -0.15) is 0 Å². The molecule has 1 aliphatic heterocycles. The Hall–Kier alpha value is -0.870. The zero-order valence-electron chi connectivity index (χ0n) is 8.10. The highest BCUT2D eigenvalue weighted by atomic mass is 32.1. The fraction of sp³-hybridized carbons (Fsp3) is 0.500. The van der Waals surface area contributed by atoms with Crippen molar-refractivity contribution < 1.29 is 9.53 Å². The van der Waals surface area contributed by atoms with E-state index in [-0.39, 0.29) is 0 Å². The molecule has 0 spiro atoms. The topological polar surface area (TPSA) is 29.5 Å². The van der Waals surface area contributed by atoms with Gasteiger partial charge in [-0.3, -0.25) is 4.79 Å². The molecule has 3 nitrogen and oxygen atoms in total. The van der Waals surface area contributed by atoms with E-state index in [0.717, 1.165) is 35.8 Å². The molecule has 4 heteroatoms. The van der Waals surface area contributed by atoms with Crippen LogP contribution in [-0.4, -0.2) is 32.6 Å². The number of rotatable bonds is 3. The molecule has 0 aliphatic carbocycles. The first-order valence-electron chi connectivity index (χ1n) is 4.67. The second-order valence-electron chi connectivity index (χ2n) is 3.42. The summed E-state index contributed by atoms with van der Waals surface area (Å²) in [5.41, 5.74) is 0. The molecule has 0 N–H and O–H groups in total. The van der Waals surface area contributed by atoms with Gasteiger partial charge in [-0.15, -0.1) is 11.3 Å². The number of hydrogen-bond donors (Lipinski definition) is 0. The quantitative estimate of drug-likeness (QED) is 0.714. The summed E-state index contributed by atoms with van der Waals surface area (Å²) >= 11 is 1.53. The van der Waals surface area contributed by atoms with Gasteiger partial charge in [0.25, 0.3) is 0 Å². The van der Waals surface area contributed by atoms with Gasteiger partial charge in [0.2, 0.25) is 0 Å². The van der Waals surface area contributed by atoms with Gasteiger partial charge in [-0.1, -0.05) is 0 Å². The van der Waals surface area contributed by atoms with E-state index in [0.29, 0.717) is 6.04 Å². The van der Waals surface area contributed by atoms with Crippen LogP contribution in [0.4, 0.5) is 5.00 Å².